The summed E-state index contributed by atoms with van der Waals surface area (Å²) in [6, 6.07) is 8.09. The molecule has 0 aliphatic carbocycles. The Hall–Kier alpha value is -2.23. The van der Waals surface area contributed by atoms with Crippen LogP contribution in [0.15, 0.2) is 29.2 Å². The lowest BCUT2D eigenvalue weighted by Crippen LogP contribution is -2.41. The summed E-state index contributed by atoms with van der Waals surface area (Å²) in [5.41, 5.74) is 3.19. The molecule has 0 N–H and O–H groups in total. The third-order valence-corrected chi connectivity index (χ3v) is 8.05. The number of morpholine rings is 1. The van der Waals surface area contributed by atoms with Gasteiger partial charge in [-0.25, -0.2) is 8.42 Å². The van der Waals surface area contributed by atoms with Crippen molar-refractivity contribution in [3.8, 4) is 0 Å². The van der Waals surface area contributed by atoms with Crippen LogP contribution in [0.4, 0.5) is 5.69 Å². The van der Waals surface area contributed by atoms with Crippen LogP contribution < -0.4 is 4.90 Å². The lowest BCUT2D eigenvalue weighted by molar-refractivity contribution is -0.119. The highest BCUT2D eigenvalue weighted by Gasteiger charge is 2.33. The molecule has 2 aliphatic rings. The molecule has 1 saturated heterocycles. The number of amides is 1. The molecule has 2 aromatic rings. The summed E-state index contributed by atoms with van der Waals surface area (Å²) in [6.45, 7) is 7.34. The van der Waals surface area contributed by atoms with Crippen LogP contribution in [-0.4, -0.2) is 60.8 Å². The van der Waals surface area contributed by atoms with Crippen molar-refractivity contribution in [2.45, 2.75) is 51.1 Å². The topological polar surface area (TPSA) is 84.7 Å². The van der Waals surface area contributed by atoms with Crippen LogP contribution in [0.2, 0.25) is 0 Å². The van der Waals surface area contributed by atoms with Crippen LogP contribution in [-0.2, 0) is 32.5 Å². The van der Waals surface area contributed by atoms with Crippen LogP contribution in [0.25, 0.3) is 0 Å². The van der Waals surface area contributed by atoms with Gasteiger partial charge in [-0.1, -0.05) is 18.2 Å². The van der Waals surface area contributed by atoms with E-state index in [9.17, 15) is 13.2 Å². The molecular weight excluding hydrogens is 404 g/mol. The molecule has 0 bridgehead atoms. The second-order valence-electron chi connectivity index (χ2n) is 7.94. The first kappa shape index (κ1) is 21.0. The van der Waals surface area contributed by atoms with Gasteiger partial charge >= 0.3 is 0 Å². The Morgan fingerprint density at radius 2 is 1.90 bits per heavy atom. The number of benzene rings is 1. The van der Waals surface area contributed by atoms with E-state index >= 15 is 0 Å². The average molecular weight is 433 g/mol. The molecule has 1 atom stereocenters. The largest absolute Gasteiger partial charge is 0.379 e. The second kappa shape index (κ2) is 8.13. The van der Waals surface area contributed by atoms with Crippen molar-refractivity contribution in [1.82, 2.24) is 14.1 Å². The first-order valence-corrected chi connectivity index (χ1v) is 11.8. The molecule has 8 nitrogen and oxygen atoms in total. The van der Waals surface area contributed by atoms with Crippen molar-refractivity contribution in [2.75, 3.05) is 31.2 Å². The third kappa shape index (κ3) is 3.66. The molecule has 1 aromatic heterocycles. The van der Waals surface area contributed by atoms with E-state index in [1.807, 2.05) is 30.0 Å². The lowest BCUT2D eigenvalue weighted by atomic mass is 10.1. The van der Waals surface area contributed by atoms with Crippen LogP contribution in [0.1, 0.15) is 30.3 Å². The maximum atomic E-state index is 13.1. The van der Waals surface area contributed by atoms with Gasteiger partial charge in [-0.05, 0) is 38.8 Å². The minimum absolute atomic E-state index is 0.0255. The van der Waals surface area contributed by atoms with E-state index in [0.717, 1.165) is 12.1 Å². The highest BCUT2D eigenvalue weighted by Crippen LogP contribution is 2.32. The molecular formula is C21H28N4O4S. The van der Waals surface area contributed by atoms with E-state index < -0.39 is 10.0 Å². The van der Waals surface area contributed by atoms with Crippen molar-refractivity contribution in [2.24, 2.45) is 0 Å². The van der Waals surface area contributed by atoms with Crippen molar-refractivity contribution in [1.29, 1.82) is 0 Å². The Balaban J connectivity index is 1.51. The number of aryl methyl sites for hydroxylation is 2. The number of ether oxygens (including phenoxy) is 1. The Morgan fingerprint density at radius 1 is 1.20 bits per heavy atom. The fourth-order valence-electron chi connectivity index (χ4n) is 4.46. The third-order valence-electron chi connectivity index (χ3n) is 5.90. The molecule has 1 aromatic carbocycles. The van der Waals surface area contributed by atoms with Gasteiger partial charge in [0, 0.05) is 31.2 Å². The molecule has 2 aliphatic heterocycles. The number of sulfonamides is 1. The van der Waals surface area contributed by atoms with Crippen LogP contribution in [0.3, 0.4) is 0 Å². The van der Waals surface area contributed by atoms with Crippen molar-refractivity contribution in [3.05, 3.63) is 41.2 Å². The highest BCUT2D eigenvalue weighted by molar-refractivity contribution is 7.89. The SMILES string of the molecule is Cc1nn(CCC(=O)N2c3ccccc3CC2C)c(C)c1S(=O)(=O)N1CCOCC1. The number of hydrogen-bond donors (Lipinski definition) is 0. The van der Waals surface area contributed by atoms with Gasteiger partial charge in [0.25, 0.3) is 0 Å². The number of anilines is 1. The summed E-state index contributed by atoms with van der Waals surface area (Å²) in [7, 11) is -3.63. The quantitative estimate of drug-likeness (QED) is 0.720. The zero-order valence-corrected chi connectivity index (χ0v) is 18.5. The Labute approximate surface area is 177 Å². The number of rotatable bonds is 5. The average Bonchev–Trinajstić information content (AvgIpc) is 3.21. The minimum Gasteiger partial charge on any atom is -0.379 e. The predicted octanol–water partition coefficient (Wildman–Crippen LogP) is 1.89. The van der Waals surface area contributed by atoms with E-state index in [1.165, 1.54) is 9.87 Å². The van der Waals surface area contributed by atoms with E-state index in [0.29, 0.717) is 44.2 Å². The Bertz CT molecular complexity index is 1060. The second-order valence-corrected chi connectivity index (χ2v) is 9.81. The molecule has 9 heteroatoms. The molecule has 0 spiro atoms. The van der Waals surface area contributed by atoms with Gasteiger partial charge < -0.3 is 9.64 Å². The lowest BCUT2D eigenvalue weighted by Gasteiger charge is -2.26. The fourth-order valence-corrected chi connectivity index (χ4v) is 6.24. The number of carbonyl (C=O) groups is 1. The van der Waals surface area contributed by atoms with Crippen molar-refractivity contribution < 1.29 is 17.9 Å². The zero-order chi connectivity index (χ0) is 21.5. The number of para-hydroxylation sites is 1. The van der Waals surface area contributed by atoms with Crippen LogP contribution in [0, 0.1) is 13.8 Å². The number of carbonyl (C=O) groups excluding carboxylic acids is 1. The standard InChI is InChI=1S/C21H28N4O4S/c1-15-14-18-6-4-5-7-19(18)25(15)20(26)8-9-24-17(3)21(16(2)22-24)30(27,28)23-10-12-29-13-11-23/h4-7,15H,8-14H2,1-3H3. The normalized spacial score (nSPS) is 19.8. The Kier molecular flexibility index (Phi) is 5.69. The first-order valence-electron chi connectivity index (χ1n) is 10.3. The molecule has 162 valence electrons. The van der Waals surface area contributed by atoms with E-state index in [-0.39, 0.29) is 23.3 Å². The maximum Gasteiger partial charge on any atom is 0.246 e. The predicted molar refractivity (Wildman–Crippen MR) is 113 cm³/mol. The molecule has 0 radical (unpaired) electrons. The fraction of sp³-hybridized carbons (Fsp3) is 0.524. The van der Waals surface area contributed by atoms with E-state index in [4.69, 9.17) is 4.74 Å². The summed E-state index contributed by atoms with van der Waals surface area (Å²) in [5.74, 6) is 0.0255. The number of nitrogens with zero attached hydrogens (tertiary/aromatic N) is 4. The smallest absolute Gasteiger partial charge is 0.246 e. The van der Waals surface area contributed by atoms with Gasteiger partial charge in [-0.15, -0.1) is 0 Å². The van der Waals surface area contributed by atoms with E-state index in [2.05, 4.69) is 11.2 Å². The van der Waals surface area contributed by atoms with Gasteiger partial charge in [-0.3, -0.25) is 9.48 Å². The number of fused-ring (bicyclic) bond motifs is 1. The maximum absolute atomic E-state index is 13.1. The van der Waals surface area contributed by atoms with Gasteiger partial charge in [0.2, 0.25) is 15.9 Å². The van der Waals surface area contributed by atoms with Gasteiger partial charge in [0.15, 0.2) is 0 Å². The molecule has 0 saturated carbocycles. The first-order chi connectivity index (χ1) is 14.3. The Morgan fingerprint density at radius 3 is 2.63 bits per heavy atom. The molecule has 3 heterocycles. The molecule has 4 rings (SSSR count). The minimum atomic E-state index is -3.63. The van der Waals surface area contributed by atoms with Crippen molar-refractivity contribution in [3.63, 3.8) is 0 Å². The summed E-state index contributed by atoms with van der Waals surface area (Å²) < 4.78 is 34.6. The van der Waals surface area contributed by atoms with E-state index in [1.54, 1.807) is 18.5 Å². The summed E-state index contributed by atoms with van der Waals surface area (Å²) in [6.07, 6.45) is 1.11. The monoisotopic (exact) mass is 432 g/mol. The van der Waals surface area contributed by atoms with Gasteiger partial charge in [-0.2, -0.15) is 9.40 Å². The molecule has 30 heavy (non-hydrogen) atoms. The summed E-state index contributed by atoms with van der Waals surface area (Å²) in [5, 5.41) is 4.44. The highest BCUT2D eigenvalue weighted by atomic mass is 32.2. The van der Waals surface area contributed by atoms with Gasteiger partial charge in [0.1, 0.15) is 4.90 Å². The number of aromatic nitrogens is 2. The molecule has 1 unspecified atom stereocenters. The number of hydrogen-bond acceptors (Lipinski definition) is 5. The summed E-state index contributed by atoms with van der Waals surface area (Å²) >= 11 is 0. The van der Waals surface area contributed by atoms with Crippen LogP contribution in [0.5, 0.6) is 0 Å². The van der Waals surface area contributed by atoms with Gasteiger partial charge in [0.05, 0.1) is 31.1 Å². The summed E-state index contributed by atoms with van der Waals surface area (Å²) in [4.78, 5) is 15.1. The molecule has 1 fully saturated rings. The zero-order valence-electron chi connectivity index (χ0n) is 17.7. The van der Waals surface area contributed by atoms with Crippen LogP contribution >= 0.6 is 0 Å². The van der Waals surface area contributed by atoms with Crippen molar-refractivity contribution >= 4 is 21.6 Å². The molecule has 1 amide bonds.